The molecular weight excluding hydrogens is 224 g/mol. The highest BCUT2D eigenvalue weighted by atomic mass is 16.5. The standard InChI is InChI=1S/C16H28O2/c1-12-9-13(2)11-14(10-12)15(17)16(18-3)7-5-4-6-8-16/h12-14H,4-11H2,1-3H3. The van der Waals surface area contributed by atoms with E-state index in [1.54, 1.807) is 7.11 Å². The van der Waals surface area contributed by atoms with Crippen molar-refractivity contribution in [2.45, 2.75) is 70.8 Å². The van der Waals surface area contributed by atoms with Crippen molar-refractivity contribution in [2.24, 2.45) is 17.8 Å². The van der Waals surface area contributed by atoms with Crippen LogP contribution in [0, 0.1) is 17.8 Å². The van der Waals surface area contributed by atoms with E-state index >= 15 is 0 Å². The monoisotopic (exact) mass is 252 g/mol. The van der Waals surface area contributed by atoms with Crippen molar-refractivity contribution in [2.75, 3.05) is 7.11 Å². The van der Waals surface area contributed by atoms with E-state index in [4.69, 9.17) is 4.74 Å². The molecule has 2 rings (SSSR count). The Labute approximate surface area is 111 Å². The number of hydrogen-bond acceptors (Lipinski definition) is 2. The molecule has 2 atom stereocenters. The van der Waals surface area contributed by atoms with Crippen molar-refractivity contribution in [3.63, 3.8) is 0 Å². The summed E-state index contributed by atoms with van der Waals surface area (Å²) in [4.78, 5) is 12.9. The second-order valence-electron chi connectivity index (χ2n) is 6.74. The van der Waals surface area contributed by atoms with Crippen LogP contribution in [0.15, 0.2) is 0 Å². The first-order chi connectivity index (χ1) is 8.57. The smallest absolute Gasteiger partial charge is 0.167 e. The lowest BCUT2D eigenvalue weighted by Crippen LogP contribution is -2.47. The minimum absolute atomic E-state index is 0.252. The highest BCUT2D eigenvalue weighted by Gasteiger charge is 2.44. The number of hydrogen-bond donors (Lipinski definition) is 0. The Morgan fingerprint density at radius 2 is 1.56 bits per heavy atom. The van der Waals surface area contributed by atoms with Crippen LogP contribution in [0.5, 0.6) is 0 Å². The van der Waals surface area contributed by atoms with Crippen LogP contribution in [0.3, 0.4) is 0 Å². The minimum atomic E-state index is -0.431. The number of carbonyl (C=O) groups excluding carboxylic acids is 1. The van der Waals surface area contributed by atoms with Crippen molar-refractivity contribution in [1.29, 1.82) is 0 Å². The molecule has 2 aliphatic carbocycles. The summed E-state index contributed by atoms with van der Waals surface area (Å²) in [7, 11) is 1.74. The predicted molar refractivity (Wildman–Crippen MR) is 73.5 cm³/mol. The number of carbonyl (C=O) groups is 1. The van der Waals surface area contributed by atoms with E-state index < -0.39 is 5.60 Å². The molecule has 0 saturated heterocycles. The molecule has 0 amide bonds. The zero-order valence-corrected chi connectivity index (χ0v) is 12.2. The van der Waals surface area contributed by atoms with Crippen LogP contribution in [0.4, 0.5) is 0 Å². The van der Waals surface area contributed by atoms with Gasteiger partial charge in [0, 0.05) is 13.0 Å². The first kappa shape index (κ1) is 14.0. The maximum atomic E-state index is 12.9. The molecule has 0 radical (unpaired) electrons. The molecule has 0 bridgehead atoms. The van der Waals surface area contributed by atoms with Crippen molar-refractivity contribution in [3.05, 3.63) is 0 Å². The minimum Gasteiger partial charge on any atom is -0.370 e. The maximum Gasteiger partial charge on any atom is 0.167 e. The SMILES string of the molecule is COC1(C(=O)C2CC(C)CC(C)C2)CCCCC1. The van der Waals surface area contributed by atoms with Crippen LogP contribution in [0.1, 0.15) is 65.2 Å². The lowest BCUT2D eigenvalue weighted by atomic mass is 9.69. The van der Waals surface area contributed by atoms with E-state index in [-0.39, 0.29) is 5.92 Å². The van der Waals surface area contributed by atoms with Crippen molar-refractivity contribution >= 4 is 5.78 Å². The summed E-state index contributed by atoms with van der Waals surface area (Å²) in [5.74, 6) is 2.06. The van der Waals surface area contributed by atoms with Crippen LogP contribution in [-0.4, -0.2) is 18.5 Å². The molecule has 0 N–H and O–H groups in total. The van der Waals surface area contributed by atoms with E-state index in [0.29, 0.717) is 17.6 Å². The van der Waals surface area contributed by atoms with E-state index in [2.05, 4.69) is 13.8 Å². The summed E-state index contributed by atoms with van der Waals surface area (Å²) >= 11 is 0. The second kappa shape index (κ2) is 5.73. The topological polar surface area (TPSA) is 26.3 Å². The Kier molecular flexibility index (Phi) is 4.47. The van der Waals surface area contributed by atoms with Crippen molar-refractivity contribution in [1.82, 2.24) is 0 Å². The number of rotatable bonds is 3. The van der Waals surface area contributed by atoms with Gasteiger partial charge in [0.15, 0.2) is 5.78 Å². The average Bonchev–Trinajstić information content (AvgIpc) is 2.37. The number of ketones is 1. The molecule has 0 aromatic rings. The highest BCUT2D eigenvalue weighted by molar-refractivity contribution is 5.89. The summed E-state index contributed by atoms with van der Waals surface area (Å²) in [6.45, 7) is 4.58. The van der Waals surface area contributed by atoms with Gasteiger partial charge < -0.3 is 4.74 Å². The van der Waals surface area contributed by atoms with Gasteiger partial charge in [-0.15, -0.1) is 0 Å². The van der Waals surface area contributed by atoms with Gasteiger partial charge in [0.25, 0.3) is 0 Å². The molecule has 0 spiro atoms. The van der Waals surface area contributed by atoms with E-state index in [0.717, 1.165) is 38.5 Å². The van der Waals surface area contributed by atoms with Gasteiger partial charge in [-0.1, -0.05) is 33.1 Å². The van der Waals surface area contributed by atoms with Crippen molar-refractivity contribution < 1.29 is 9.53 Å². The Morgan fingerprint density at radius 1 is 1.00 bits per heavy atom. The summed E-state index contributed by atoms with van der Waals surface area (Å²) in [6.07, 6.45) is 8.89. The zero-order chi connectivity index (χ0) is 13.2. The van der Waals surface area contributed by atoms with Crippen LogP contribution < -0.4 is 0 Å². The molecule has 0 aromatic carbocycles. The van der Waals surface area contributed by atoms with E-state index in [1.807, 2.05) is 0 Å². The molecule has 2 nitrogen and oxygen atoms in total. The molecule has 104 valence electrons. The van der Waals surface area contributed by atoms with Crippen LogP contribution in [0.2, 0.25) is 0 Å². The summed E-state index contributed by atoms with van der Waals surface area (Å²) < 4.78 is 5.71. The molecule has 0 aliphatic heterocycles. The third-order valence-electron chi connectivity index (χ3n) is 5.05. The summed E-state index contributed by atoms with van der Waals surface area (Å²) in [6, 6.07) is 0. The molecule has 0 aromatic heterocycles. The predicted octanol–water partition coefficient (Wildman–Crippen LogP) is 3.98. The fourth-order valence-corrected chi connectivity index (χ4v) is 4.21. The van der Waals surface area contributed by atoms with E-state index in [9.17, 15) is 4.79 Å². The van der Waals surface area contributed by atoms with Crippen molar-refractivity contribution in [3.8, 4) is 0 Å². The Bertz CT molecular complexity index is 281. The normalized spacial score (nSPS) is 36.3. The average molecular weight is 252 g/mol. The molecule has 2 fully saturated rings. The van der Waals surface area contributed by atoms with Gasteiger partial charge in [-0.3, -0.25) is 4.79 Å². The van der Waals surface area contributed by atoms with Gasteiger partial charge in [0.05, 0.1) is 0 Å². The number of ether oxygens (including phenoxy) is 1. The molecule has 2 heteroatoms. The van der Waals surface area contributed by atoms with Crippen LogP contribution >= 0.6 is 0 Å². The second-order valence-corrected chi connectivity index (χ2v) is 6.74. The quantitative estimate of drug-likeness (QED) is 0.759. The van der Waals surface area contributed by atoms with E-state index in [1.165, 1.54) is 12.8 Å². The summed E-state index contributed by atoms with van der Waals surface area (Å²) in [5, 5.41) is 0. The molecule has 2 aliphatic rings. The first-order valence-corrected chi connectivity index (χ1v) is 7.67. The van der Waals surface area contributed by atoms with Gasteiger partial charge in [-0.25, -0.2) is 0 Å². The van der Waals surface area contributed by atoms with Crippen LogP contribution in [0.25, 0.3) is 0 Å². The molecular formula is C16H28O2. The summed E-state index contributed by atoms with van der Waals surface area (Å²) in [5.41, 5.74) is -0.431. The maximum absolute atomic E-state index is 12.9. The number of methoxy groups -OCH3 is 1. The van der Waals surface area contributed by atoms with Gasteiger partial charge in [-0.2, -0.15) is 0 Å². The largest absolute Gasteiger partial charge is 0.370 e. The third-order valence-corrected chi connectivity index (χ3v) is 5.05. The van der Waals surface area contributed by atoms with Crippen LogP contribution in [-0.2, 0) is 9.53 Å². The fraction of sp³-hybridized carbons (Fsp3) is 0.938. The lowest BCUT2D eigenvalue weighted by molar-refractivity contribution is -0.151. The Morgan fingerprint density at radius 3 is 2.06 bits per heavy atom. The highest BCUT2D eigenvalue weighted by Crippen LogP contribution is 2.40. The molecule has 18 heavy (non-hydrogen) atoms. The third kappa shape index (κ3) is 2.79. The fourth-order valence-electron chi connectivity index (χ4n) is 4.21. The van der Waals surface area contributed by atoms with Gasteiger partial charge in [0.2, 0.25) is 0 Å². The molecule has 2 unspecified atom stereocenters. The molecule has 2 saturated carbocycles. The zero-order valence-electron chi connectivity index (χ0n) is 12.2. The molecule has 0 heterocycles. The Balaban J connectivity index is 2.08. The van der Waals surface area contributed by atoms with Gasteiger partial charge >= 0.3 is 0 Å². The van der Waals surface area contributed by atoms with Gasteiger partial charge in [0.1, 0.15) is 5.60 Å². The lowest BCUT2D eigenvalue weighted by Gasteiger charge is -2.40. The van der Waals surface area contributed by atoms with Gasteiger partial charge in [-0.05, 0) is 43.9 Å². The first-order valence-electron chi connectivity index (χ1n) is 7.67. The number of Topliss-reactive ketones (excluding diaryl/α,β-unsaturated/α-hetero) is 1. The Hall–Kier alpha value is -0.370.